The summed E-state index contributed by atoms with van der Waals surface area (Å²) in [6.45, 7) is 1.81. The van der Waals surface area contributed by atoms with Crippen molar-refractivity contribution in [2.75, 3.05) is 19.5 Å². The molecule has 4 nitrogen and oxygen atoms in total. The Labute approximate surface area is 135 Å². The number of rotatable bonds is 6. The third kappa shape index (κ3) is 2.70. The minimum atomic E-state index is -3.30. The van der Waals surface area contributed by atoms with Crippen molar-refractivity contribution in [1.82, 2.24) is 0 Å². The van der Waals surface area contributed by atoms with Crippen LogP contribution >= 0.6 is 23.8 Å². The fourth-order valence-electron chi connectivity index (χ4n) is 3.06. The average Bonchev–Trinajstić information content (AvgIpc) is 3.10. The molecule has 0 heterocycles. The van der Waals surface area contributed by atoms with E-state index in [0.717, 1.165) is 5.56 Å². The van der Waals surface area contributed by atoms with Crippen molar-refractivity contribution in [1.29, 1.82) is 0 Å². The Kier molecular flexibility index (Phi) is 4.63. The van der Waals surface area contributed by atoms with E-state index in [1.807, 2.05) is 6.07 Å². The molecule has 0 amide bonds. The van der Waals surface area contributed by atoms with E-state index in [4.69, 9.17) is 34.3 Å². The van der Waals surface area contributed by atoms with Gasteiger partial charge in [-0.1, -0.05) is 42.9 Å². The quantitative estimate of drug-likeness (QED) is 0.798. The Morgan fingerprint density at radius 2 is 2.19 bits per heavy atom. The first-order valence-electron chi connectivity index (χ1n) is 6.57. The number of hydrogen-bond acceptors (Lipinski definition) is 4. The summed E-state index contributed by atoms with van der Waals surface area (Å²) >= 11 is 11.2. The highest BCUT2D eigenvalue weighted by Gasteiger charge is 2.72. The molecule has 0 spiro atoms. The van der Waals surface area contributed by atoms with Crippen LogP contribution < -0.4 is 5.73 Å². The van der Waals surface area contributed by atoms with Gasteiger partial charge in [0.15, 0.2) is 9.84 Å². The molecule has 1 aliphatic carbocycles. The average molecular weight is 348 g/mol. The van der Waals surface area contributed by atoms with E-state index in [1.54, 1.807) is 25.1 Å². The minimum Gasteiger partial charge on any atom is -0.393 e. The highest BCUT2D eigenvalue weighted by Crippen LogP contribution is 2.63. The second-order valence-electron chi connectivity index (χ2n) is 5.24. The van der Waals surface area contributed by atoms with Crippen molar-refractivity contribution < 1.29 is 13.2 Å². The van der Waals surface area contributed by atoms with E-state index >= 15 is 0 Å². The molecule has 2 rings (SSSR count). The number of methoxy groups -OCH3 is 1. The molecule has 0 aliphatic heterocycles. The minimum absolute atomic E-state index is 0.0445. The van der Waals surface area contributed by atoms with Crippen LogP contribution in [0.2, 0.25) is 5.02 Å². The van der Waals surface area contributed by atoms with Crippen molar-refractivity contribution in [2.45, 2.75) is 18.1 Å². The molecule has 0 aromatic heterocycles. The molecular weight excluding hydrogens is 330 g/mol. The fraction of sp³-hybridized carbons (Fsp3) is 0.500. The van der Waals surface area contributed by atoms with Gasteiger partial charge in [0.05, 0.1) is 22.3 Å². The zero-order valence-corrected chi connectivity index (χ0v) is 14.3. The van der Waals surface area contributed by atoms with Crippen LogP contribution in [0.4, 0.5) is 0 Å². The van der Waals surface area contributed by atoms with Crippen LogP contribution in [0.1, 0.15) is 18.4 Å². The zero-order chi connectivity index (χ0) is 15.8. The number of ether oxygens (including phenoxy) is 1. The van der Waals surface area contributed by atoms with Crippen molar-refractivity contribution in [3.8, 4) is 0 Å². The van der Waals surface area contributed by atoms with Gasteiger partial charge in [0.25, 0.3) is 0 Å². The molecule has 3 atom stereocenters. The van der Waals surface area contributed by atoms with Crippen LogP contribution in [0, 0.1) is 5.41 Å². The van der Waals surface area contributed by atoms with Crippen LogP contribution in [-0.2, 0) is 14.6 Å². The Morgan fingerprint density at radius 3 is 2.67 bits per heavy atom. The molecular formula is C14H18ClNO3S2. The molecule has 2 N–H and O–H groups in total. The summed E-state index contributed by atoms with van der Waals surface area (Å²) in [7, 11) is -1.78. The van der Waals surface area contributed by atoms with Crippen LogP contribution in [0.3, 0.4) is 0 Å². The smallest absolute Gasteiger partial charge is 0.154 e. The Balaban J connectivity index is 2.54. The summed E-state index contributed by atoms with van der Waals surface area (Å²) in [5.74, 6) is -0.262. The lowest BCUT2D eigenvalue weighted by molar-refractivity contribution is 0.166. The van der Waals surface area contributed by atoms with Gasteiger partial charge in [-0.25, -0.2) is 8.42 Å². The summed E-state index contributed by atoms with van der Waals surface area (Å²) in [5.41, 5.74) is 5.86. The molecule has 1 saturated carbocycles. The van der Waals surface area contributed by atoms with Crippen LogP contribution in [0.15, 0.2) is 24.3 Å². The molecule has 21 heavy (non-hydrogen) atoms. The Hall–Kier alpha value is -0.690. The number of sulfone groups is 1. The molecule has 1 aliphatic rings. The van der Waals surface area contributed by atoms with E-state index in [2.05, 4.69) is 0 Å². The predicted octanol–water partition coefficient (Wildman–Crippen LogP) is 2.16. The van der Waals surface area contributed by atoms with E-state index in [1.165, 1.54) is 7.11 Å². The van der Waals surface area contributed by atoms with Gasteiger partial charge in [-0.05, 0) is 17.7 Å². The summed E-state index contributed by atoms with van der Waals surface area (Å²) in [6, 6.07) is 7.16. The van der Waals surface area contributed by atoms with Gasteiger partial charge in [0.2, 0.25) is 0 Å². The number of thiocarbonyl (C=S) groups is 1. The van der Waals surface area contributed by atoms with E-state index in [9.17, 15) is 8.42 Å². The molecule has 1 aromatic rings. The van der Waals surface area contributed by atoms with Gasteiger partial charge < -0.3 is 10.5 Å². The summed E-state index contributed by atoms with van der Waals surface area (Å²) < 4.78 is 30.1. The van der Waals surface area contributed by atoms with E-state index < -0.39 is 20.5 Å². The van der Waals surface area contributed by atoms with Crippen LogP contribution in [-0.4, -0.2) is 38.1 Å². The first-order chi connectivity index (χ1) is 9.81. The van der Waals surface area contributed by atoms with Gasteiger partial charge in [0, 0.05) is 23.8 Å². The van der Waals surface area contributed by atoms with Crippen molar-refractivity contribution >= 4 is 38.6 Å². The van der Waals surface area contributed by atoms with Gasteiger partial charge in [0.1, 0.15) is 0 Å². The van der Waals surface area contributed by atoms with Crippen molar-refractivity contribution in [2.24, 2.45) is 11.1 Å². The SMILES string of the molecule is CCS(=O)(=O)[C@H]1[C@@H](c2cccc(Cl)c2)[C@@]1(COC)C(N)=S. The maximum absolute atomic E-state index is 12.4. The van der Waals surface area contributed by atoms with Gasteiger partial charge in [-0.2, -0.15) is 0 Å². The summed E-state index contributed by atoms with van der Waals surface area (Å²) in [6.07, 6.45) is 0. The molecule has 7 heteroatoms. The van der Waals surface area contributed by atoms with Gasteiger partial charge in [-0.15, -0.1) is 0 Å². The predicted molar refractivity (Wildman–Crippen MR) is 88.5 cm³/mol. The summed E-state index contributed by atoms with van der Waals surface area (Å²) in [5, 5.41) is -0.0905. The number of nitrogens with two attached hydrogens (primary N) is 1. The lowest BCUT2D eigenvalue weighted by atomic mass is 10.00. The molecule has 1 fully saturated rings. The molecule has 0 radical (unpaired) electrons. The van der Waals surface area contributed by atoms with Crippen LogP contribution in [0.25, 0.3) is 0 Å². The Bertz CT molecular complexity index is 662. The van der Waals surface area contributed by atoms with Crippen molar-refractivity contribution in [3.05, 3.63) is 34.9 Å². The first-order valence-corrected chi connectivity index (χ1v) is 9.07. The molecule has 0 unspecified atom stereocenters. The van der Waals surface area contributed by atoms with Gasteiger partial charge in [-0.3, -0.25) is 0 Å². The summed E-state index contributed by atoms with van der Waals surface area (Å²) in [4.78, 5) is 0.177. The third-order valence-electron chi connectivity index (χ3n) is 4.10. The lowest BCUT2D eigenvalue weighted by Crippen LogP contribution is -2.33. The largest absolute Gasteiger partial charge is 0.393 e. The van der Waals surface area contributed by atoms with Crippen molar-refractivity contribution in [3.63, 3.8) is 0 Å². The fourth-order valence-corrected chi connectivity index (χ4v) is 5.72. The topological polar surface area (TPSA) is 69.4 Å². The monoisotopic (exact) mass is 347 g/mol. The van der Waals surface area contributed by atoms with Gasteiger partial charge >= 0.3 is 0 Å². The second kappa shape index (κ2) is 5.83. The standard InChI is InChI=1S/C14H18ClNO3S2/c1-3-21(17,18)12-11(9-5-4-6-10(15)7-9)14(12,8-19-2)13(16)20/h4-7,11-12H,3,8H2,1-2H3,(H2,16,20)/t11-,12+,14-/m1/s1. The zero-order valence-electron chi connectivity index (χ0n) is 11.9. The maximum atomic E-state index is 12.4. The third-order valence-corrected chi connectivity index (χ3v) is 6.98. The molecule has 1 aromatic carbocycles. The lowest BCUT2D eigenvalue weighted by Gasteiger charge is -2.15. The number of hydrogen-bond donors (Lipinski definition) is 1. The number of halogens is 1. The van der Waals surface area contributed by atoms with E-state index in [-0.39, 0.29) is 23.3 Å². The number of benzene rings is 1. The van der Waals surface area contributed by atoms with E-state index in [0.29, 0.717) is 5.02 Å². The maximum Gasteiger partial charge on any atom is 0.154 e. The molecule has 0 bridgehead atoms. The highest BCUT2D eigenvalue weighted by atomic mass is 35.5. The Morgan fingerprint density at radius 1 is 1.52 bits per heavy atom. The molecule has 0 saturated heterocycles. The second-order valence-corrected chi connectivity index (χ2v) is 8.53. The molecule has 116 valence electrons. The first kappa shape index (κ1) is 16.7. The van der Waals surface area contributed by atoms with Crippen LogP contribution in [0.5, 0.6) is 0 Å². The normalized spacial score (nSPS) is 28.3. The highest BCUT2D eigenvalue weighted by molar-refractivity contribution is 7.92.